The van der Waals surface area contributed by atoms with Gasteiger partial charge in [-0.1, -0.05) is 18.2 Å². The number of carbonyl (C=O) groups is 2. The molecule has 6 nitrogen and oxygen atoms in total. The molecular formula is C24H22F2N4O2. The third kappa shape index (κ3) is 4.44. The van der Waals surface area contributed by atoms with Crippen LogP contribution in [0.5, 0.6) is 0 Å². The Bertz CT molecular complexity index is 1170. The van der Waals surface area contributed by atoms with Gasteiger partial charge in [-0.15, -0.1) is 0 Å². The molecule has 2 aliphatic heterocycles. The minimum absolute atomic E-state index is 0.0146. The average Bonchev–Trinajstić information content (AvgIpc) is 2.77. The Morgan fingerprint density at radius 2 is 1.94 bits per heavy atom. The number of rotatable bonds is 4. The summed E-state index contributed by atoms with van der Waals surface area (Å²) in [7, 11) is 1.56. The quantitative estimate of drug-likeness (QED) is 0.768. The van der Waals surface area contributed by atoms with E-state index in [1.807, 2.05) is 6.92 Å². The van der Waals surface area contributed by atoms with Crippen LogP contribution in [-0.2, 0) is 9.59 Å². The van der Waals surface area contributed by atoms with Crippen molar-refractivity contribution in [1.82, 2.24) is 10.2 Å². The number of hydrogen-bond donors (Lipinski definition) is 2. The zero-order chi connectivity index (χ0) is 22.8. The van der Waals surface area contributed by atoms with Crippen LogP contribution in [0.4, 0.5) is 14.5 Å². The minimum Gasteiger partial charge on any atom is -0.384 e. The van der Waals surface area contributed by atoms with Gasteiger partial charge in [0, 0.05) is 42.9 Å². The van der Waals surface area contributed by atoms with E-state index in [0.29, 0.717) is 23.2 Å². The maximum Gasteiger partial charge on any atom is 0.253 e. The van der Waals surface area contributed by atoms with E-state index in [2.05, 4.69) is 15.6 Å². The molecule has 0 spiro atoms. The van der Waals surface area contributed by atoms with Gasteiger partial charge in [-0.2, -0.15) is 0 Å². The topological polar surface area (TPSA) is 73.8 Å². The van der Waals surface area contributed by atoms with E-state index in [1.54, 1.807) is 31.4 Å². The van der Waals surface area contributed by atoms with Crippen LogP contribution < -0.4 is 10.6 Å². The summed E-state index contributed by atoms with van der Waals surface area (Å²) in [4.78, 5) is 31.2. The highest BCUT2D eigenvalue weighted by atomic mass is 19.1. The molecule has 0 unspecified atom stereocenters. The van der Waals surface area contributed by atoms with Gasteiger partial charge in [-0.3, -0.25) is 14.6 Å². The summed E-state index contributed by atoms with van der Waals surface area (Å²) in [6, 6.07) is 10.1. The maximum atomic E-state index is 14.5. The van der Waals surface area contributed by atoms with Gasteiger partial charge in [0.05, 0.1) is 23.6 Å². The number of aliphatic imine (C=N–C) groups is 1. The van der Waals surface area contributed by atoms with Crippen molar-refractivity contribution >= 4 is 23.2 Å². The van der Waals surface area contributed by atoms with Crippen molar-refractivity contribution in [3.63, 3.8) is 0 Å². The zero-order valence-electron chi connectivity index (χ0n) is 17.7. The standard InChI is InChI=1S/C24H22F2N4O2/c1-14-11-27-12-22(28-14)16-5-8-20(26)21(9-16)29-24(32)19-13-30(2)23(31)10-18(19)15-3-6-17(25)7-4-15/h3-9,11,13,18,27H,10,12H2,1-2H3,(H,29,32)/t18-/m0/s1. The predicted molar refractivity (Wildman–Crippen MR) is 118 cm³/mol. The SMILES string of the molecule is CC1=CNCC(c2ccc(F)c(NC(=O)C3=CN(C)C(=O)C[C@H]3c3ccc(F)cc3)c2)=N1. The molecule has 2 aromatic rings. The van der Waals surface area contributed by atoms with E-state index in [4.69, 9.17) is 0 Å². The van der Waals surface area contributed by atoms with Gasteiger partial charge in [0.2, 0.25) is 5.91 Å². The van der Waals surface area contributed by atoms with Gasteiger partial charge in [0.15, 0.2) is 0 Å². The maximum absolute atomic E-state index is 14.5. The molecule has 0 saturated carbocycles. The lowest BCUT2D eigenvalue weighted by molar-refractivity contribution is -0.128. The number of halogens is 2. The van der Waals surface area contributed by atoms with Gasteiger partial charge in [-0.25, -0.2) is 8.78 Å². The molecule has 0 saturated heterocycles. The molecule has 1 atom stereocenters. The number of hydrogen-bond acceptors (Lipinski definition) is 4. The molecule has 164 valence electrons. The van der Waals surface area contributed by atoms with Crippen LogP contribution in [0.3, 0.4) is 0 Å². The predicted octanol–water partition coefficient (Wildman–Crippen LogP) is 3.69. The zero-order valence-corrected chi connectivity index (χ0v) is 17.7. The third-order valence-corrected chi connectivity index (χ3v) is 5.45. The van der Waals surface area contributed by atoms with E-state index in [0.717, 1.165) is 11.4 Å². The molecule has 0 aromatic heterocycles. The minimum atomic E-state index is -0.585. The summed E-state index contributed by atoms with van der Waals surface area (Å²) in [5.41, 5.74) is 3.14. The van der Waals surface area contributed by atoms with Crippen molar-refractivity contribution in [1.29, 1.82) is 0 Å². The van der Waals surface area contributed by atoms with Crippen LogP contribution in [0, 0.1) is 11.6 Å². The van der Waals surface area contributed by atoms with E-state index >= 15 is 0 Å². The van der Waals surface area contributed by atoms with Crippen molar-refractivity contribution in [3.05, 3.63) is 88.9 Å². The van der Waals surface area contributed by atoms with Crippen LogP contribution in [0.15, 0.2) is 71.1 Å². The summed E-state index contributed by atoms with van der Waals surface area (Å²) in [6.07, 6.45) is 3.29. The molecule has 2 amide bonds. The van der Waals surface area contributed by atoms with E-state index in [-0.39, 0.29) is 18.0 Å². The number of amides is 2. The summed E-state index contributed by atoms with van der Waals surface area (Å²) in [6.45, 7) is 2.34. The second-order valence-electron chi connectivity index (χ2n) is 7.77. The van der Waals surface area contributed by atoms with Gasteiger partial charge >= 0.3 is 0 Å². The largest absolute Gasteiger partial charge is 0.384 e. The second-order valence-corrected chi connectivity index (χ2v) is 7.77. The molecule has 2 aromatic carbocycles. The lowest BCUT2D eigenvalue weighted by atomic mass is 9.85. The molecule has 32 heavy (non-hydrogen) atoms. The highest BCUT2D eigenvalue weighted by Crippen LogP contribution is 2.33. The number of allylic oxidation sites excluding steroid dienone is 1. The number of nitrogens with one attached hydrogen (secondary N) is 2. The van der Waals surface area contributed by atoms with Gasteiger partial charge in [0.1, 0.15) is 11.6 Å². The fraction of sp³-hybridized carbons (Fsp3) is 0.208. The summed E-state index contributed by atoms with van der Waals surface area (Å²) >= 11 is 0. The van der Waals surface area contributed by atoms with Crippen LogP contribution in [0.2, 0.25) is 0 Å². The molecule has 0 bridgehead atoms. The number of anilines is 1. The molecule has 2 aliphatic rings. The van der Waals surface area contributed by atoms with Crippen LogP contribution in [0.1, 0.15) is 30.4 Å². The third-order valence-electron chi connectivity index (χ3n) is 5.45. The lowest BCUT2D eigenvalue weighted by Gasteiger charge is -2.28. The van der Waals surface area contributed by atoms with Crippen molar-refractivity contribution in [3.8, 4) is 0 Å². The lowest BCUT2D eigenvalue weighted by Crippen LogP contribution is -2.33. The second kappa shape index (κ2) is 8.74. The molecule has 8 heteroatoms. The number of benzene rings is 2. The molecule has 0 fully saturated rings. The van der Waals surface area contributed by atoms with E-state index in [9.17, 15) is 18.4 Å². The van der Waals surface area contributed by atoms with E-state index < -0.39 is 23.5 Å². The van der Waals surface area contributed by atoms with Gasteiger partial charge < -0.3 is 15.5 Å². The smallest absolute Gasteiger partial charge is 0.253 e. The first kappa shape index (κ1) is 21.4. The van der Waals surface area contributed by atoms with Gasteiger partial charge in [-0.05, 0) is 36.8 Å². The molecule has 2 N–H and O–H groups in total. The first-order chi connectivity index (χ1) is 15.3. The molecular weight excluding hydrogens is 414 g/mol. The van der Waals surface area contributed by atoms with Crippen molar-refractivity contribution < 1.29 is 18.4 Å². The first-order valence-corrected chi connectivity index (χ1v) is 10.1. The molecule has 4 rings (SSSR count). The van der Waals surface area contributed by atoms with Crippen LogP contribution in [-0.4, -0.2) is 36.0 Å². The highest BCUT2D eigenvalue weighted by molar-refractivity contribution is 6.08. The fourth-order valence-corrected chi connectivity index (χ4v) is 3.75. The Morgan fingerprint density at radius 1 is 1.19 bits per heavy atom. The molecule has 0 aliphatic carbocycles. The summed E-state index contributed by atoms with van der Waals surface area (Å²) in [5, 5.41) is 5.73. The Kier molecular flexibility index (Phi) is 5.85. The first-order valence-electron chi connectivity index (χ1n) is 10.1. The van der Waals surface area contributed by atoms with Crippen LogP contribution >= 0.6 is 0 Å². The van der Waals surface area contributed by atoms with Crippen molar-refractivity contribution in [2.24, 2.45) is 4.99 Å². The van der Waals surface area contributed by atoms with Gasteiger partial charge in [0.25, 0.3) is 5.91 Å². The van der Waals surface area contributed by atoms with Crippen LogP contribution in [0.25, 0.3) is 0 Å². The molecule has 0 radical (unpaired) electrons. The Balaban J connectivity index is 1.64. The van der Waals surface area contributed by atoms with Crippen molar-refractivity contribution in [2.45, 2.75) is 19.3 Å². The summed E-state index contributed by atoms with van der Waals surface area (Å²) < 4.78 is 27.9. The Morgan fingerprint density at radius 3 is 2.66 bits per heavy atom. The monoisotopic (exact) mass is 436 g/mol. The van der Waals surface area contributed by atoms with E-state index in [1.165, 1.54) is 35.4 Å². The molecule has 2 heterocycles. The average molecular weight is 436 g/mol. The Labute approximate surface area is 184 Å². The normalized spacial score (nSPS) is 18.4. The fourth-order valence-electron chi connectivity index (χ4n) is 3.75. The highest BCUT2D eigenvalue weighted by Gasteiger charge is 2.31. The Hall–Kier alpha value is -3.81. The summed E-state index contributed by atoms with van der Waals surface area (Å²) in [5.74, 6) is -2.26. The number of nitrogens with zero attached hydrogens (tertiary/aromatic N) is 2. The van der Waals surface area contributed by atoms with Crippen molar-refractivity contribution in [2.75, 3.05) is 18.9 Å². The number of carbonyl (C=O) groups excluding carboxylic acids is 2.